The van der Waals surface area contributed by atoms with Gasteiger partial charge in [-0.1, -0.05) is 0 Å². The molecule has 7 nitrogen and oxygen atoms in total. The van der Waals surface area contributed by atoms with Gasteiger partial charge in [-0.3, -0.25) is 4.79 Å². The van der Waals surface area contributed by atoms with Crippen LogP contribution in [-0.4, -0.2) is 25.3 Å². The molecule has 1 amide bonds. The molecule has 1 aromatic carbocycles. The summed E-state index contributed by atoms with van der Waals surface area (Å²) >= 11 is 0. The molecule has 0 unspecified atom stereocenters. The molecule has 0 fully saturated rings. The van der Waals surface area contributed by atoms with Gasteiger partial charge in [-0.05, 0) is 30.3 Å². The fourth-order valence-electron chi connectivity index (χ4n) is 2.37. The van der Waals surface area contributed by atoms with Gasteiger partial charge in [0.1, 0.15) is 5.65 Å². The van der Waals surface area contributed by atoms with Crippen LogP contribution in [0.5, 0.6) is 0 Å². The summed E-state index contributed by atoms with van der Waals surface area (Å²) in [6.07, 6.45) is 5.27. The van der Waals surface area contributed by atoms with Crippen molar-refractivity contribution in [2.45, 2.75) is 0 Å². The van der Waals surface area contributed by atoms with E-state index in [2.05, 4.69) is 20.3 Å². The number of amides is 1. The smallest absolute Gasteiger partial charge is 0.322 e. The molecule has 4 rings (SSSR count). The first kappa shape index (κ1) is 12.4. The molecule has 3 N–H and O–H groups in total. The maximum absolute atomic E-state index is 12.3. The predicted molar refractivity (Wildman–Crippen MR) is 82.1 cm³/mol. The van der Waals surface area contributed by atoms with Crippen molar-refractivity contribution in [1.82, 2.24) is 19.4 Å². The number of pyridine rings is 1. The van der Waals surface area contributed by atoms with Crippen LogP contribution in [0.15, 0.2) is 53.7 Å². The molecular weight excluding hydrogens is 282 g/mol. The molecule has 0 atom stereocenters. The third kappa shape index (κ3) is 2.05. The van der Waals surface area contributed by atoms with E-state index in [1.165, 1.54) is 0 Å². The third-order valence-electron chi connectivity index (χ3n) is 3.43. The van der Waals surface area contributed by atoms with Gasteiger partial charge in [0.05, 0.1) is 11.0 Å². The number of rotatable bonds is 2. The van der Waals surface area contributed by atoms with E-state index in [1.807, 2.05) is 10.6 Å². The lowest BCUT2D eigenvalue weighted by Crippen LogP contribution is -2.12. The van der Waals surface area contributed by atoms with Crippen LogP contribution in [0.4, 0.5) is 5.69 Å². The lowest BCUT2D eigenvalue weighted by Gasteiger charge is -2.05. The van der Waals surface area contributed by atoms with Crippen molar-refractivity contribution >= 4 is 28.3 Å². The number of hydrogen-bond acceptors (Lipinski definition) is 3. The Kier molecular flexibility index (Phi) is 2.59. The molecule has 4 aromatic rings. The summed E-state index contributed by atoms with van der Waals surface area (Å²) in [5.74, 6) is -0.234. The van der Waals surface area contributed by atoms with E-state index >= 15 is 0 Å². The summed E-state index contributed by atoms with van der Waals surface area (Å²) in [5, 5.41) is 2.80. The van der Waals surface area contributed by atoms with E-state index in [-0.39, 0.29) is 11.6 Å². The molecule has 22 heavy (non-hydrogen) atoms. The van der Waals surface area contributed by atoms with Gasteiger partial charge < -0.3 is 19.7 Å². The number of benzene rings is 1. The highest BCUT2D eigenvalue weighted by Crippen LogP contribution is 2.16. The summed E-state index contributed by atoms with van der Waals surface area (Å²) in [6.45, 7) is 0. The monoisotopic (exact) mass is 293 g/mol. The number of carbonyl (C=O) groups excluding carboxylic acids is 1. The van der Waals surface area contributed by atoms with Crippen LogP contribution in [0.3, 0.4) is 0 Å². The molecule has 0 spiro atoms. The van der Waals surface area contributed by atoms with E-state index in [9.17, 15) is 9.59 Å². The fourth-order valence-corrected chi connectivity index (χ4v) is 2.37. The van der Waals surface area contributed by atoms with Crippen LogP contribution in [0.2, 0.25) is 0 Å². The second-order valence-corrected chi connectivity index (χ2v) is 4.90. The topological polar surface area (TPSA) is 95.0 Å². The number of anilines is 1. The summed E-state index contributed by atoms with van der Waals surface area (Å²) in [5.41, 5.74) is 2.90. The van der Waals surface area contributed by atoms with Crippen molar-refractivity contribution in [3.05, 3.63) is 65.0 Å². The van der Waals surface area contributed by atoms with Gasteiger partial charge >= 0.3 is 5.69 Å². The molecule has 0 radical (unpaired) electrons. The van der Waals surface area contributed by atoms with Crippen molar-refractivity contribution in [3.63, 3.8) is 0 Å². The van der Waals surface area contributed by atoms with E-state index < -0.39 is 0 Å². The van der Waals surface area contributed by atoms with E-state index in [1.54, 1.807) is 42.7 Å². The molecule has 3 aromatic heterocycles. The highest BCUT2D eigenvalue weighted by molar-refractivity contribution is 6.05. The molecular formula is C15H11N5O2. The standard InChI is InChI=1S/C15H11N5O2/c21-14(9-3-5-20-6-4-16-13(20)7-9)17-10-1-2-11-12(8-10)19-15(22)18-11/h1-8H,(H,17,21)(H2,18,19,22). The Bertz CT molecular complexity index is 1060. The maximum atomic E-state index is 12.3. The molecule has 7 heteroatoms. The molecule has 3 heterocycles. The van der Waals surface area contributed by atoms with Gasteiger partial charge in [-0.25, -0.2) is 9.78 Å². The van der Waals surface area contributed by atoms with Gasteiger partial charge in [0.15, 0.2) is 0 Å². The van der Waals surface area contributed by atoms with Gasteiger partial charge in [-0.2, -0.15) is 0 Å². The zero-order valence-electron chi connectivity index (χ0n) is 11.3. The Morgan fingerprint density at radius 3 is 2.86 bits per heavy atom. The van der Waals surface area contributed by atoms with Crippen LogP contribution in [-0.2, 0) is 0 Å². The number of nitrogens with zero attached hydrogens (tertiary/aromatic N) is 2. The van der Waals surface area contributed by atoms with Crippen molar-refractivity contribution in [1.29, 1.82) is 0 Å². The second-order valence-electron chi connectivity index (χ2n) is 4.90. The first-order valence-electron chi connectivity index (χ1n) is 6.65. The van der Waals surface area contributed by atoms with Gasteiger partial charge in [0, 0.05) is 29.8 Å². The molecule has 108 valence electrons. The number of aromatic amines is 2. The Morgan fingerprint density at radius 1 is 1.09 bits per heavy atom. The lowest BCUT2D eigenvalue weighted by atomic mass is 10.2. The average molecular weight is 293 g/mol. The number of carbonyl (C=O) groups is 1. The number of aromatic nitrogens is 4. The van der Waals surface area contributed by atoms with Crippen LogP contribution >= 0.6 is 0 Å². The molecule has 0 aliphatic rings. The fraction of sp³-hybridized carbons (Fsp3) is 0. The van der Waals surface area contributed by atoms with Crippen LogP contribution in [0.25, 0.3) is 16.7 Å². The Morgan fingerprint density at radius 2 is 1.95 bits per heavy atom. The van der Waals surface area contributed by atoms with Crippen LogP contribution < -0.4 is 11.0 Å². The molecule has 0 aliphatic heterocycles. The minimum absolute atomic E-state index is 0.234. The first-order chi connectivity index (χ1) is 10.7. The molecule has 0 saturated heterocycles. The van der Waals surface area contributed by atoms with Crippen LogP contribution in [0, 0.1) is 0 Å². The Balaban J connectivity index is 1.65. The van der Waals surface area contributed by atoms with E-state index in [4.69, 9.17) is 0 Å². The molecule has 0 saturated carbocycles. The molecule has 0 aliphatic carbocycles. The number of fused-ring (bicyclic) bond motifs is 2. The SMILES string of the molecule is O=C(Nc1ccc2[nH]c(=O)[nH]c2c1)c1ccn2ccnc2c1. The lowest BCUT2D eigenvalue weighted by molar-refractivity contribution is 0.102. The minimum Gasteiger partial charge on any atom is -0.322 e. The van der Waals surface area contributed by atoms with Crippen molar-refractivity contribution < 1.29 is 4.79 Å². The Labute approximate surface area is 123 Å². The minimum atomic E-state index is -0.275. The Hall–Kier alpha value is -3.35. The number of nitrogens with one attached hydrogen (secondary N) is 3. The quantitative estimate of drug-likeness (QED) is 0.525. The predicted octanol–water partition coefficient (Wildman–Crippen LogP) is 1.76. The van der Waals surface area contributed by atoms with Gasteiger partial charge in [0.2, 0.25) is 0 Å². The third-order valence-corrected chi connectivity index (χ3v) is 3.43. The summed E-state index contributed by atoms with van der Waals surface area (Å²) in [4.78, 5) is 33.0. The highest BCUT2D eigenvalue weighted by atomic mass is 16.2. The van der Waals surface area contributed by atoms with E-state index in [0.717, 1.165) is 0 Å². The molecule has 0 bridgehead atoms. The second kappa shape index (κ2) is 4.59. The summed E-state index contributed by atoms with van der Waals surface area (Å²) < 4.78 is 1.83. The average Bonchev–Trinajstić information content (AvgIpc) is 3.10. The maximum Gasteiger partial charge on any atom is 0.323 e. The number of imidazole rings is 2. The van der Waals surface area contributed by atoms with Crippen LogP contribution in [0.1, 0.15) is 10.4 Å². The van der Waals surface area contributed by atoms with Crippen molar-refractivity contribution in [2.24, 2.45) is 0 Å². The normalized spacial score (nSPS) is 11.1. The first-order valence-corrected chi connectivity index (χ1v) is 6.65. The van der Waals surface area contributed by atoms with Crippen molar-refractivity contribution in [2.75, 3.05) is 5.32 Å². The zero-order chi connectivity index (χ0) is 15.1. The van der Waals surface area contributed by atoms with Gasteiger partial charge in [-0.15, -0.1) is 0 Å². The van der Waals surface area contributed by atoms with Crippen molar-refractivity contribution in [3.8, 4) is 0 Å². The summed E-state index contributed by atoms with van der Waals surface area (Å²) in [6, 6.07) is 8.62. The highest BCUT2D eigenvalue weighted by Gasteiger charge is 2.08. The van der Waals surface area contributed by atoms with Gasteiger partial charge in [0.25, 0.3) is 5.91 Å². The zero-order valence-corrected chi connectivity index (χ0v) is 11.3. The number of hydrogen-bond donors (Lipinski definition) is 3. The summed E-state index contributed by atoms with van der Waals surface area (Å²) in [7, 11) is 0. The van der Waals surface area contributed by atoms with E-state index in [0.29, 0.717) is 27.9 Å². The number of H-pyrrole nitrogens is 2. The largest absolute Gasteiger partial charge is 0.323 e.